The lowest BCUT2D eigenvalue weighted by atomic mass is 10.1. The molecule has 0 amide bonds. The number of carbonyl (C=O) groups is 3. The fourth-order valence-electron chi connectivity index (χ4n) is 3.54. The number of hydroxylamine groups is 2. The molecule has 0 aliphatic carbocycles. The molecule has 0 bridgehead atoms. The van der Waals surface area contributed by atoms with Gasteiger partial charge in [-0.2, -0.15) is 0 Å². The van der Waals surface area contributed by atoms with Crippen LogP contribution in [0.4, 0.5) is 0 Å². The van der Waals surface area contributed by atoms with Crippen LogP contribution in [0.15, 0.2) is 12.4 Å². The van der Waals surface area contributed by atoms with E-state index >= 15 is 0 Å². The van der Waals surface area contributed by atoms with Crippen LogP contribution in [0.2, 0.25) is 0 Å². The fourth-order valence-corrected chi connectivity index (χ4v) is 3.54. The van der Waals surface area contributed by atoms with Crippen molar-refractivity contribution in [2.45, 2.75) is 131 Å². The summed E-state index contributed by atoms with van der Waals surface area (Å²) in [6, 6.07) is 0. The Morgan fingerprint density at radius 3 is 1.97 bits per heavy atom. The van der Waals surface area contributed by atoms with Gasteiger partial charge in [0.2, 0.25) is 0 Å². The second kappa shape index (κ2) is 15.6. The lowest BCUT2D eigenvalue weighted by Crippen LogP contribution is -2.37. The molecule has 0 spiro atoms. The van der Waals surface area contributed by atoms with Gasteiger partial charge in [-0.1, -0.05) is 51.9 Å². The van der Waals surface area contributed by atoms with Crippen molar-refractivity contribution >= 4 is 17.9 Å². The number of nitrogens with zero attached hydrogens (tertiary/aromatic N) is 3. The molecule has 9 nitrogen and oxygen atoms in total. The minimum Gasteiger partial charge on any atom is -0.459 e. The van der Waals surface area contributed by atoms with Gasteiger partial charge in [0.25, 0.3) is 0 Å². The Hall–Kier alpha value is -2.42. The van der Waals surface area contributed by atoms with E-state index in [9.17, 15) is 14.4 Å². The minimum absolute atomic E-state index is 0.0260. The lowest BCUT2D eigenvalue weighted by molar-refractivity contribution is -0.201. The maximum Gasteiger partial charge on any atom is 0.326 e. The first-order valence-electron chi connectivity index (χ1n) is 13.2. The third kappa shape index (κ3) is 15.5. The third-order valence-electron chi connectivity index (χ3n) is 5.03. The molecule has 1 rings (SSSR count). The molecule has 0 N–H and O–H groups in total. The lowest BCUT2D eigenvalue weighted by Gasteiger charge is -2.24. The number of ether oxygens (including phenoxy) is 2. The van der Waals surface area contributed by atoms with Crippen LogP contribution in [0.5, 0.6) is 0 Å². The molecule has 0 fully saturated rings. The van der Waals surface area contributed by atoms with Crippen LogP contribution in [0.1, 0.15) is 112 Å². The number of aromatic nitrogens is 2. The SMILES string of the molecule is CCCCCCCCCCC(=O)ON(CC(=O)OC(C)(C)C)Cc1nccn1CC(=O)OC(C)(C)C. The number of hydrogen-bond acceptors (Lipinski definition) is 8. The van der Waals surface area contributed by atoms with E-state index in [0.29, 0.717) is 5.82 Å². The molecule has 1 aromatic rings. The molecule has 0 saturated carbocycles. The van der Waals surface area contributed by atoms with Gasteiger partial charge in [-0.25, -0.2) is 4.98 Å². The summed E-state index contributed by atoms with van der Waals surface area (Å²) in [4.78, 5) is 47.1. The monoisotopic (exact) mass is 509 g/mol. The number of unbranched alkanes of at least 4 members (excludes halogenated alkanes) is 7. The van der Waals surface area contributed by atoms with Crippen molar-refractivity contribution in [2.75, 3.05) is 6.54 Å². The highest BCUT2D eigenvalue weighted by molar-refractivity contribution is 5.73. The van der Waals surface area contributed by atoms with Gasteiger partial charge in [-0.15, -0.1) is 5.06 Å². The number of imidazole rings is 1. The van der Waals surface area contributed by atoms with E-state index in [1.165, 1.54) is 37.2 Å². The van der Waals surface area contributed by atoms with Crippen LogP contribution in [0.3, 0.4) is 0 Å². The van der Waals surface area contributed by atoms with E-state index in [1.807, 2.05) is 0 Å². The molecular weight excluding hydrogens is 462 g/mol. The van der Waals surface area contributed by atoms with Crippen LogP contribution in [0, 0.1) is 0 Å². The molecule has 206 valence electrons. The molecule has 0 aromatic carbocycles. The summed E-state index contributed by atoms with van der Waals surface area (Å²) in [6.45, 7) is 12.7. The summed E-state index contributed by atoms with van der Waals surface area (Å²) in [5, 5.41) is 1.25. The topological polar surface area (TPSA) is 100.0 Å². The zero-order valence-corrected chi connectivity index (χ0v) is 23.4. The van der Waals surface area contributed by atoms with Crippen molar-refractivity contribution in [3.63, 3.8) is 0 Å². The first kappa shape index (κ1) is 31.6. The van der Waals surface area contributed by atoms with Crippen molar-refractivity contribution in [3.8, 4) is 0 Å². The minimum atomic E-state index is -0.668. The summed E-state index contributed by atoms with van der Waals surface area (Å²) < 4.78 is 12.4. The molecule has 1 aromatic heterocycles. The van der Waals surface area contributed by atoms with Crippen molar-refractivity contribution in [1.29, 1.82) is 0 Å². The summed E-state index contributed by atoms with van der Waals surface area (Å²) in [6.07, 6.45) is 12.4. The van der Waals surface area contributed by atoms with E-state index in [2.05, 4.69) is 11.9 Å². The normalized spacial score (nSPS) is 12.0. The first-order valence-corrected chi connectivity index (χ1v) is 13.2. The maximum atomic E-state index is 12.5. The van der Waals surface area contributed by atoms with E-state index in [1.54, 1.807) is 58.5 Å². The standard InChI is InChI=1S/C27H47N3O6/c1-8-9-10-11-12-13-14-15-16-23(31)36-30(21-25(33)35-27(5,6)7)19-22-28-17-18-29(22)20-24(32)34-26(2,3)4/h17-18H,8-16,19-21H2,1-7H3. The molecule has 36 heavy (non-hydrogen) atoms. The van der Waals surface area contributed by atoms with Crippen molar-refractivity contribution in [1.82, 2.24) is 14.6 Å². The van der Waals surface area contributed by atoms with Crippen molar-refractivity contribution in [3.05, 3.63) is 18.2 Å². The fraction of sp³-hybridized carbons (Fsp3) is 0.778. The molecule has 9 heteroatoms. The van der Waals surface area contributed by atoms with Gasteiger partial charge in [0.1, 0.15) is 30.1 Å². The second-order valence-electron chi connectivity index (χ2n) is 11.1. The molecular formula is C27H47N3O6. The van der Waals surface area contributed by atoms with Crippen molar-refractivity contribution in [2.24, 2.45) is 0 Å². The number of esters is 2. The van der Waals surface area contributed by atoms with Gasteiger partial charge in [0.15, 0.2) is 0 Å². The Kier molecular flexibility index (Phi) is 13.7. The second-order valence-corrected chi connectivity index (χ2v) is 11.1. The highest BCUT2D eigenvalue weighted by Gasteiger charge is 2.24. The first-order chi connectivity index (χ1) is 16.8. The van der Waals surface area contributed by atoms with Gasteiger partial charge in [-0.05, 0) is 48.0 Å². The number of rotatable bonds is 16. The summed E-state index contributed by atoms with van der Waals surface area (Å²) in [5.41, 5.74) is -1.27. The third-order valence-corrected chi connectivity index (χ3v) is 5.03. The van der Waals surface area contributed by atoms with Gasteiger partial charge in [0, 0.05) is 18.8 Å². The molecule has 1 heterocycles. The van der Waals surface area contributed by atoms with E-state index in [0.717, 1.165) is 19.3 Å². The Balaban J connectivity index is 2.70. The summed E-state index contributed by atoms with van der Waals surface area (Å²) in [7, 11) is 0. The Morgan fingerprint density at radius 2 is 1.39 bits per heavy atom. The number of hydrogen-bond donors (Lipinski definition) is 0. The van der Waals surface area contributed by atoms with Crippen LogP contribution in [-0.4, -0.2) is 50.3 Å². The molecule has 0 saturated heterocycles. The Morgan fingerprint density at radius 1 is 0.833 bits per heavy atom. The molecule has 0 aliphatic rings. The maximum absolute atomic E-state index is 12.5. The van der Waals surface area contributed by atoms with Crippen molar-refractivity contribution < 1.29 is 28.7 Å². The van der Waals surface area contributed by atoms with Crippen LogP contribution in [-0.2, 0) is 41.8 Å². The van der Waals surface area contributed by atoms with E-state index < -0.39 is 29.1 Å². The number of carbonyl (C=O) groups excluding carboxylic acids is 3. The van der Waals surface area contributed by atoms with Gasteiger partial charge in [0.05, 0.1) is 6.54 Å². The molecule has 0 radical (unpaired) electrons. The smallest absolute Gasteiger partial charge is 0.326 e. The van der Waals surface area contributed by atoms with E-state index in [4.69, 9.17) is 14.3 Å². The average Bonchev–Trinajstić information content (AvgIpc) is 3.13. The van der Waals surface area contributed by atoms with Crippen LogP contribution < -0.4 is 0 Å². The molecule has 0 unspecified atom stereocenters. The zero-order chi connectivity index (χ0) is 27.2. The van der Waals surface area contributed by atoms with Gasteiger partial charge < -0.3 is 18.9 Å². The Bertz CT molecular complexity index is 807. The Labute approximate surface area is 216 Å². The summed E-state index contributed by atoms with van der Waals surface area (Å²) in [5.74, 6) is -0.876. The predicted molar refractivity (Wildman–Crippen MR) is 138 cm³/mol. The van der Waals surface area contributed by atoms with Gasteiger partial charge in [-0.3, -0.25) is 14.4 Å². The zero-order valence-electron chi connectivity index (χ0n) is 23.4. The van der Waals surface area contributed by atoms with Gasteiger partial charge >= 0.3 is 17.9 Å². The average molecular weight is 510 g/mol. The summed E-state index contributed by atoms with van der Waals surface area (Å²) >= 11 is 0. The largest absolute Gasteiger partial charge is 0.459 e. The van der Waals surface area contributed by atoms with Crippen LogP contribution >= 0.6 is 0 Å². The highest BCUT2D eigenvalue weighted by Crippen LogP contribution is 2.14. The van der Waals surface area contributed by atoms with Crippen LogP contribution in [0.25, 0.3) is 0 Å². The highest BCUT2D eigenvalue weighted by atomic mass is 16.7. The predicted octanol–water partition coefficient (Wildman–Crippen LogP) is 5.36. The molecule has 0 aliphatic heterocycles. The quantitative estimate of drug-likeness (QED) is 0.167. The molecule has 0 atom stereocenters. The van der Waals surface area contributed by atoms with E-state index in [-0.39, 0.29) is 26.1 Å².